The summed E-state index contributed by atoms with van der Waals surface area (Å²) in [6, 6.07) is 13.6. The maximum atomic E-state index is 8.77. The molecule has 0 saturated carbocycles. The zero-order valence-electron chi connectivity index (χ0n) is 13.7. The SMILES string of the molecule is CCC1c2ccc(OC#N)cc2C(c2ccc(OC#N)cc2)C1C. The van der Waals surface area contributed by atoms with E-state index in [2.05, 4.69) is 19.9 Å². The van der Waals surface area contributed by atoms with Crippen molar-refractivity contribution in [2.75, 3.05) is 0 Å². The molecule has 0 saturated heterocycles. The van der Waals surface area contributed by atoms with Gasteiger partial charge in [-0.3, -0.25) is 0 Å². The highest BCUT2D eigenvalue weighted by molar-refractivity contribution is 5.50. The Balaban J connectivity index is 2.04. The third-order valence-corrected chi connectivity index (χ3v) is 4.96. The van der Waals surface area contributed by atoms with Gasteiger partial charge in [-0.2, -0.15) is 0 Å². The summed E-state index contributed by atoms with van der Waals surface area (Å²) in [6.45, 7) is 4.47. The molecule has 4 heteroatoms. The van der Waals surface area contributed by atoms with E-state index < -0.39 is 0 Å². The molecule has 0 N–H and O–H groups in total. The lowest BCUT2D eigenvalue weighted by molar-refractivity contribution is 0.447. The minimum Gasteiger partial charge on any atom is -0.388 e. The maximum absolute atomic E-state index is 8.77. The molecule has 0 aromatic heterocycles. The van der Waals surface area contributed by atoms with Crippen molar-refractivity contribution in [3.8, 4) is 24.0 Å². The van der Waals surface area contributed by atoms with Crippen LogP contribution in [0.4, 0.5) is 0 Å². The molecule has 0 heterocycles. The first-order chi connectivity index (χ1) is 11.7. The van der Waals surface area contributed by atoms with Gasteiger partial charge in [-0.05, 0) is 59.2 Å². The molecule has 120 valence electrons. The molecular formula is C20H18N2O2. The number of nitriles is 2. The normalized spacial score (nSPS) is 21.4. The third-order valence-electron chi connectivity index (χ3n) is 4.96. The summed E-state index contributed by atoms with van der Waals surface area (Å²) < 4.78 is 9.88. The predicted molar refractivity (Wildman–Crippen MR) is 89.4 cm³/mol. The first-order valence-electron chi connectivity index (χ1n) is 8.05. The van der Waals surface area contributed by atoms with Crippen LogP contribution in [0.15, 0.2) is 42.5 Å². The predicted octanol–water partition coefficient (Wildman–Crippen LogP) is 4.68. The van der Waals surface area contributed by atoms with Crippen LogP contribution in [0.3, 0.4) is 0 Å². The van der Waals surface area contributed by atoms with Crippen LogP contribution in [0.5, 0.6) is 11.5 Å². The second-order valence-electron chi connectivity index (χ2n) is 6.10. The number of fused-ring (bicyclic) bond motifs is 1. The summed E-state index contributed by atoms with van der Waals surface area (Å²) >= 11 is 0. The zero-order valence-corrected chi connectivity index (χ0v) is 13.7. The lowest BCUT2D eigenvalue weighted by Crippen LogP contribution is -2.09. The van der Waals surface area contributed by atoms with Crippen molar-refractivity contribution < 1.29 is 9.47 Å². The molecule has 0 bridgehead atoms. The zero-order chi connectivity index (χ0) is 17.1. The van der Waals surface area contributed by atoms with E-state index in [0.29, 0.717) is 23.3 Å². The summed E-state index contributed by atoms with van der Waals surface area (Å²) in [5, 5.41) is 17.4. The minimum absolute atomic E-state index is 0.239. The van der Waals surface area contributed by atoms with Crippen molar-refractivity contribution in [1.29, 1.82) is 10.5 Å². The summed E-state index contributed by atoms with van der Waals surface area (Å²) in [7, 11) is 0. The number of nitrogens with zero attached hydrogens (tertiary/aromatic N) is 2. The second kappa shape index (κ2) is 6.64. The molecule has 2 aromatic carbocycles. The molecule has 0 radical (unpaired) electrons. The molecule has 0 fully saturated rings. The fourth-order valence-corrected chi connectivity index (χ4v) is 3.95. The van der Waals surface area contributed by atoms with E-state index in [1.807, 2.05) is 36.4 Å². The van der Waals surface area contributed by atoms with Crippen molar-refractivity contribution in [3.05, 3.63) is 59.2 Å². The topological polar surface area (TPSA) is 66.0 Å². The van der Waals surface area contributed by atoms with E-state index in [1.165, 1.54) is 16.7 Å². The van der Waals surface area contributed by atoms with Gasteiger partial charge in [-0.1, -0.05) is 32.0 Å². The molecule has 1 aliphatic carbocycles. The monoisotopic (exact) mass is 318 g/mol. The summed E-state index contributed by atoms with van der Waals surface area (Å²) in [6.07, 6.45) is 4.50. The van der Waals surface area contributed by atoms with Gasteiger partial charge >= 0.3 is 0 Å². The highest BCUT2D eigenvalue weighted by Gasteiger charge is 2.37. The Morgan fingerprint density at radius 2 is 1.54 bits per heavy atom. The van der Waals surface area contributed by atoms with Gasteiger partial charge in [0.1, 0.15) is 11.5 Å². The van der Waals surface area contributed by atoms with E-state index in [4.69, 9.17) is 20.0 Å². The van der Waals surface area contributed by atoms with Crippen LogP contribution in [0.25, 0.3) is 0 Å². The van der Waals surface area contributed by atoms with Crippen LogP contribution in [0.2, 0.25) is 0 Å². The average molecular weight is 318 g/mol. The van der Waals surface area contributed by atoms with Crippen LogP contribution >= 0.6 is 0 Å². The van der Waals surface area contributed by atoms with Crippen LogP contribution in [-0.4, -0.2) is 0 Å². The largest absolute Gasteiger partial charge is 0.388 e. The Labute approximate surface area is 141 Å². The molecular weight excluding hydrogens is 300 g/mol. The summed E-state index contributed by atoms with van der Waals surface area (Å²) in [5.41, 5.74) is 3.73. The average Bonchev–Trinajstić information content (AvgIpc) is 2.87. The Kier molecular flexibility index (Phi) is 4.40. The van der Waals surface area contributed by atoms with Crippen LogP contribution in [0, 0.1) is 29.0 Å². The van der Waals surface area contributed by atoms with Crippen molar-refractivity contribution in [1.82, 2.24) is 0 Å². The Morgan fingerprint density at radius 1 is 0.917 bits per heavy atom. The Bertz CT molecular complexity index is 815. The first kappa shape index (κ1) is 15.9. The van der Waals surface area contributed by atoms with Crippen molar-refractivity contribution >= 4 is 0 Å². The fraction of sp³-hybridized carbons (Fsp3) is 0.300. The molecule has 24 heavy (non-hydrogen) atoms. The molecule has 4 nitrogen and oxygen atoms in total. The molecule has 0 aliphatic heterocycles. The lowest BCUT2D eigenvalue weighted by atomic mass is 9.83. The Morgan fingerprint density at radius 3 is 2.17 bits per heavy atom. The quantitative estimate of drug-likeness (QED) is 0.768. The maximum Gasteiger partial charge on any atom is 0.292 e. The van der Waals surface area contributed by atoms with Crippen molar-refractivity contribution in [3.63, 3.8) is 0 Å². The summed E-state index contributed by atoms with van der Waals surface area (Å²) in [5.74, 6) is 2.29. The summed E-state index contributed by atoms with van der Waals surface area (Å²) in [4.78, 5) is 0. The third kappa shape index (κ3) is 2.68. The number of ether oxygens (including phenoxy) is 2. The number of hydrogen-bond donors (Lipinski definition) is 0. The second-order valence-corrected chi connectivity index (χ2v) is 6.10. The fourth-order valence-electron chi connectivity index (χ4n) is 3.95. The molecule has 3 rings (SSSR count). The molecule has 3 unspecified atom stereocenters. The Hall–Kier alpha value is -2.98. The van der Waals surface area contributed by atoms with E-state index in [-0.39, 0.29) is 5.92 Å². The molecule has 0 spiro atoms. The molecule has 3 atom stereocenters. The van der Waals surface area contributed by atoms with E-state index in [9.17, 15) is 0 Å². The highest BCUT2D eigenvalue weighted by atomic mass is 16.5. The van der Waals surface area contributed by atoms with Gasteiger partial charge in [-0.15, -0.1) is 10.5 Å². The molecule has 0 amide bonds. The van der Waals surface area contributed by atoms with E-state index in [1.54, 1.807) is 12.5 Å². The van der Waals surface area contributed by atoms with Crippen molar-refractivity contribution in [2.24, 2.45) is 5.92 Å². The van der Waals surface area contributed by atoms with E-state index >= 15 is 0 Å². The minimum atomic E-state index is 0.239. The lowest BCUT2D eigenvalue weighted by Gasteiger charge is -2.21. The number of benzene rings is 2. The van der Waals surface area contributed by atoms with Gasteiger partial charge in [0.15, 0.2) is 0 Å². The standard InChI is InChI=1S/C20H18N2O2/c1-3-17-13(2)20(14-4-6-15(7-5-14)23-11-21)19-10-16(24-12-22)8-9-18(17)19/h4-10,13,17,20H,3H2,1-2H3. The van der Waals surface area contributed by atoms with Gasteiger partial charge in [0.05, 0.1) is 0 Å². The van der Waals surface area contributed by atoms with Gasteiger partial charge in [0, 0.05) is 5.92 Å². The van der Waals surface area contributed by atoms with Gasteiger partial charge < -0.3 is 9.47 Å². The van der Waals surface area contributed by atoms with Gasteiger partial charge in [0.25, 0.3) is 12.5 Å². The molecule has 2 aromatic rings. The number of hydrogen-bond acceptors (Lipinski definition) is 4. The highest BCUT2D eigenvalue weighted by Crippen LogP contribution is 2.51. The van der Waals surface area contributed by atoms with Gasteiger partial charge in [-0.25, -0.2) is 0 Å². The van der Waals surface area contributed by atoms with Crippen molar-refractivity contribution in [2.45, 2.75) is 32.1 Å². The number of rotatable bonds is 4. The van der Waals surface area contributed by atoms with Crippen LogP contribution in [-0.2, 0) is 0 Å². The first-order valence-corrected chi connectivity index (χ1v) is 8.05. The van der Waals surface area contributed by atoms with Gasteiger partial charge in [0.2, 0.25) is 0 Å². The smallest absolute Gasteiger partial charge is 0.292 e. The molecule has 1 aliphatic rings. The van der Waals surface area contributed by atoms with Crippen LogP contribution in [0.1, 0.15) is 48.8 Å². The van der Waals surface area contributed by atoms with Crippen LogP contribution < -0.4 is 9.47 Å². The van der Waals surface area contributed by atoms with E-state index in [0.717, 1.165) is 6.42 Å².